The molecule has 0 spiro atoms. The van der Waals surface area contributed by atoms with Crippen molar-refractivity contribution in [2.24, 2.45) is 5.41 Å². The molecular formula is C28H29ClN6O4. The lowest BCUT2D eigenvalue weighted by atomic mass is 9.72. The summed E-state index contributed by atoms with van der Waals surface area (Å²) in [6.07, 6.45) is 2.79. The maximum absolute atomic E-state index is 13.1. The third-order valence-corrected chi connectivity index (χ3v) is 8.41. The van der Waals surface area contributed by atoms with Crippen molar-refractivity contribution in [3.05, 3.63) is 64.3 Å². The van der Waals surface area contributed by atoms with Crippen LogP contribution in [-0.4, -0.2) is 61.8 Å². The maximum atomic E-state index is 13.1. The van der Waals surface area contributed by atoms with E-state index in [-0.39, 0.29) is 36.1 Å². The Balaban J connectivity index is 1.14. The second-order valence-electron chi connectivity index (χ2n) is 11.2. The first-order valence-electron chi connectivity index (χ1n) is 13.1. The molecule has 2 unspecified atom stereocenters. The summed E-state index contributed by atoms with van der Waals surface area (Å²) in [4.78, 5) is 50.0. The number of piperidine rings is 2. The maximum Gasteiger partial charge on any atom is 0.256 e. The largest absolute Gasteiger partial charge is 0.342 e. The highest BCUT2D eigenvalue weighted by Gasteiger charge is 2.42. The molecule has 0 radical (unpaired) electrons. The zero-order valence-electron chi connectivity index (χ0n) is 21.8. The lowest BCUT2D eigenvalue weighted by molar-refractivity contribution is -0.136. The van der Waals surface area contributed by atoms with Gasteiger partial charge in [-0.3, -0.25) is 29.6 Å². The molecular weight excluding hydrogens is 520 g/mol. The second kappa shape index (κ2) is 9.84. The first kappa shape index (κ1) is 25.6. The molecule has 5 heterocycles. The van der Waals surface area contributed by atoms with Crippen molar-refractivity contribution in [2.75, 3.05) is 13.1 Å². The molecule has 3 aliphatic rings. The molecule has 0 aliphatic carbocycles. The van der Waals surface area contributed by atoms with E-state index in [1.54, 1.807) is 4.90 Å². The van der Waals surface area contributed by atoms with Gasteiger partial charge in [-0.15, -0.1) is 0 Å². The number of aromatic nitrogens is 3. The van der Waals surface area contributed by atoms with Gasteiger partial charge in [0.05, 0.1) is 22.8 Å². The van der Waals surface area contributed by atoms with Crippen LogP contribution in [0.1, 0.15) is 66.3 Å². The number of halogens is 1. The Hall–Kier alpha value is -3.63. The van der Waals surface area contributed by atoms with Gasteiger partial charge in [-0.05, 0) is 54.6 Å². The van der Waals surface area contributed by atoms with Gasteiger partial charge < -0.3 is 9.42 Å². The molecule has 0 bridgehead atoms. The smallest absolute Gasteiger partial charge is 0.256 e. The van der Waals surface area contributed by atoms with E-state index >= 15 is 0 Å². The van der Waals surface area contributed by atoms with E-state index in [0.29, 0.717) is 28.5 Å². The van der Waals surface area contributed by atoms with Gasteiger partial charge in [-0.2, -0.15) is 4.98 Å². The molecule has 6 rings (SSSR count). The number of amides is 3. The molecule has 3 aromatic rings. The van der Waals surface area contributed by atoms with Gasteiger partial charge in [0.15, 0.2) is 0 Å². The minimum atomic E-state index is -0.637. The van der Waals surface area contributed by atoms with Gasteiger partial charge >= 0.3 is 0 Å². The topological polar surface area (TPSA) is 122 Å². The Labute approximate surface area is 230 Å². The molecule has 10 nitrogen and oxygen atoms in total. The number of hydrogen-bond donors (Lipinski definition) is 1. The fraction of sp³-hybridized carbons (Fsp3) is 0.429. The Morgan fingerprint density at radius 3 is 2.67 bits per heavy atom. The Bertz CT molecular complexity index is 1460. The molecule has 202 valence electrons. The summed E-state index contributed by atoms with van der Waals surface area (Å²) < 4.78 is 4.84. The Morgan fingerprint density at radius 2 is 1.95 bits per heavy atom. The number of carbonyl (C=O) groups is 3. The molecule has 39 heavy (non-hydrogen) atoms. The number of carbonyl (C=O) groups excluding carboxylic acids is 3. The first-order chi connectivity index (χ1) is 18.7. The Morgan fingerprint density at radius 1 is 1.13 bits per heavy atom. The summed E-state index contributed by atoms with van der Waals surface area (Å²) in [6.45, 7) is 7.35. The van der Waals surface area contributed by atoms with Gasteiger partial charge in [-0.1, -0.05) is 36.7 Å². The van der Waals surface area contributed by atoms with Crippen LogP contribution in [0.2, 0.25) is 5.02 Å². The fourth-order valence-corrected chi connectivity index (χ4v) is 6.47. The molecule has 11 heteroatoms. The number of rotatable bonds is 5. The second-order valence-corrected chi connectivity index (χ2v) is 11.6. The summed E-state index contributed by atoms with van der Waals surface area (Å²) in [5, 5.41) is 6.81. The number of hydrogen-bond acceptors (Lipinski definition) is 8. The fourth-order valence-electron chi connectivity index (χ4n) is 6.18. The normalized spacial score (nSPS) is 23.2. The molecule has 2 fully saturated rings. The van der Waals surface area contributed by atoms with Crippen LogP contribution in [0.15, 0.2) is 41.2 Å². The van der Waals surface area contributed by atoms with Gasteiger partial charge in [-0.25, -0.2) is 0 Å². The van der Waals surface area contributed by atoms with Crippen molar-refractivity contribution < 1.29 is 18.9 Å². The Kier molecular flexibility index (Phi) is 6.47. The van der Waals surface area contributed by atoms with Crippen molar-refractivity contribution in [1.29, 1.82) is 0 Å². The predicted octanol–water partition coefficient (Wildman–Crippen LogP) is 3.56. The van der Waals surface area contributed by atoms with Crippen LogP contribution in [-0.2, 0) is 22.7 Å². The number of likely N-dealkylation sites (tertiary alicyclic amines) is 1. The molecule has 2 saturated heterocycles. The van der Waals surface area contributed by atoms with E-state index in [0.717, 1.165) is 42.9 Å². The molecule has 2 aromatic heterocycles. The van der Waals surface area contributed by atoms with Crippen LogP contribution in [0.3, 0.4) is 0 Å². The number of fused-ring (bicyclic) bond motifs is 1. The van der Waals surface area contributed by atoms with Crippen molar-refractivity contribution >= 4 is 29.3 Å². The van der Waals surface area contributed by atoms with Crippen LogP contribution >= 0.6 is 11.6 Å². The number of imide groups is 1. The van der Waals surface area contributed by atoms with E-state index in [1.807, 2.05) is 30.3 Å². The minimum absolute atomic E-state index is 0.0558. The van der Waals surface area contributed by atoms with Crippen LogP contribution in [0, 0.1) is 5.41 Å². The number of nitrogens with zero attached hydrogens (tertiary/aromatic N) is 5. The molecule has 0 saturated carbocycles. The van der Waals surface area contributed by atoms with Crippen LogP contribution in [0.4, 0.5) is 0 Å². The quantitative estimate of drug-likeness (QED) is 0.480. The van der Waals surface area contributed by atoms with Crippen molar-refractivity contribution in [3.8, 4) is 11.4 Å². The van der Waals surface area contributed by atoms with E-state index in [1.165, 1.54) is 6.39 Å². The van der Waals surface area contributed by atoms with E-state index in [9.17, 15) is 14.4 Å². The zero-order valence-corrected chi connectivity index (χ0v) is 22.6. The first-order valence-corrected chi connectivity index (χ1v) is 13.5. The summed E-state index contributed by atoms with van der Waals surface area (Å²) in [5.41, 5.74) is 4.02. The summed E-state index contributed by atoms with van der Waals surface area (Å²) in [6, 6.07) is 9.10. The van der Waals surface area contributed by atoms with Crippen LogP contribution < -0.4 is 5.32 Å². The third kappa shape index (κ3) is 4.83. The van der Waals surface area contributed by atoms with E-state index in [2.05, 4.69) is 34.2 Å². The minimum Gasteiger partial charge on any atom is -0.342 e. The summed E-state index contributed by atoms with van der Waals surface area (Å²) in [5.74, 6) is -0.206. The standard InChI is InChI=1S/C28H29ClN6O4/c1-28(2)14-34(12-16-3-4-17(20(29)11-16)25-30-15-39-33-25)10-9-19(28)21-6-5-18-22(31-21)13-35(27(18)38)23-7-8-24(36)32-26(23)37/h3-6,11,15,19,23H,7-10,12-14H2,1-2H3,(H,32,36,37). The molecule has 2 atom stereocenters. The summed E-state index contributed by atoms with van der Waals surface area (Å²) in [7, 11) is 0. The third-order valence-electron chi connectivity index (χ3n) is 8.10. The van der Waals surface area contributed by atoms with Crippen molar-refractivity contribution in [1.82, 2.24) is 30.2 Å². The van der Waals surface area contributed by atoms with Gasteiger partial charge in [0.1, 0.15) is 6.04 Å². The van der Waals surface area contributed by atoms with E-state index in [4.69, 9.17) is 21.1 Å². The SMILES string of the molecule is CC1(C)CN(Cc2ccc(-c3ncon3)c(Cl)c2)CCC1c1ccc2c(n1)CN(C1CCC(=O)NC1=O)C2=O. The van der Waals surface area contributed by atoms with E-state index < -0.39 is 11.9 Å². The van der Waals surface area contributed by atoms with Crippen molar-refractivity contribution in [2.45, 2.75) is 58.2 Å². The highest BCUT2D eigenvalue weighted by Crippen LogP contribution is 2.43. The van der Waals surface area contributed by atoms with Gasteiger partial charge in [0, 0.05) is 36.7 Å². The zero-order chi connectivity index (χ0) is 27.3. The predicted molar refractivity (Wildman–Crippen MR) is 141 cm³/mol. The number of nitrogens with one attached hydrogen (secondary N) is 1. The average molecular weight is 549 g/mol. The molecule has 3 aliphatic heterocycles. The highest BCUT2D eigenvalue weighted by molar-refractivity contribution is 6.33. The van der Waals surface area contributed by atoms with Crippen LogP contribution in [0.25, 0.3) is 11.4 Å². The molecule has 1 aromatic carbocycles. The number of benzene rings is 1. The van der Waals surface area contributed by atoms with Gasteiger partial charge in [0.25, 0.3) is 5.91 Å². The lowest BCUT2D eigenvalue weighted by Crippen LogP contribution is -2.52. The monoisotopic (exact) mass is 548 g/mol. The highest BCUT2D eigenvalue weighted by atomic mass is 35.5. The average Bonchev–Trinajstić information content (AvgIpc) is 3.52. The molecule has 3 amide bonds. The van der Waals surface area contributed by atoms with Gasteiger partial charge in [0.2, 0.25) is 24.0 Å². The van der Waals surface area contributed by atoms with Crippen LogP contribution in [0.5, 0.6) is 0 Å². The lowest BCUT2D eigenvalue weighted by Gasteiger charge is -2.44. The molecule has 1 N–H and O–H groups in total. The summed E-state index contributed by atoms with van der Waals surface area (Å²) >= 11 is 6.52. The number of pyridine rings is 1. The van der Waals surface area contributed by atoms with Crippen molar-refractivity contribution in [3.63, 3.8) is 0 Å².